The first-order valence-electron chi connectivity index (χ1n) is 7.67. The van der Waals surface area contributed by atoms with E-state index in [1.807, 2.05) is 0 Å². The number of hydrogen-bond donors (Lipinski definition) is 0. The Balaban J connectivity index is 1.75. The van der Waals surface area contributed by atoms with Gasteiger partial charge in [0.1, 0.15) is 0 Å². The standard InChI is InChI=1S/C18H16N2O5/c1-11-3-6-17(15(7-11)20(23)24)25-10-16(21)12-4-5-14-13(8-12)9-18(22)19(14)2/h3-8H,9-10H2,1-2H3. The van der Waals surface area contributed by atoms with Crippen molar-refractivity contribution in [2.75, 3.05) is 18.6 Å². The molecule has 1 aliphatic heterocycles. The number of rotatable bonds is 5. The summed E-state index contributed by atoms with van der Waals surface area (Å²) in [5.74, 6) is -0.272. The maximum Gasteiger partial charge on any atom is 0.311 e. The van der Waals surface area contributed by atoms with Gasteiger partial charge < -0.3 is 9.64 Å². The number of nitro groups is 1. The monoisotopic (exact) mass is 340 g/mol. The molecule has 128 valence electrons. The second-order valence-corrected chi connectivity index (χ2v) is 5.91. The molecular formula is C18H16N2O5. The zero-order valence-corrected chi connectivity index (χ0v) is 13.8. The number of ether oxygens (including phenoxy) is 1. The van der Waals surface area contributed by atoms with Crippen LogP contribution in [-0.4, -0.2) is 30.3 Å². The lowest BCUT2D eigenvalue weighted by Gasteiger charge is -2.10. The smallest absolute Gasteiger partial charge is 0.311 e. The van der Waals surface area contributed by atoms with E-state index in [4.69, 9.17) is 4.74 Å². The average Bonchev–Trinajstić information content (AvgIpc) is 2.87. The second-order valence-electron chi connectivity index (χ2n) is 5.91. The van der Waals surface area contributed by atoms with E-state index < -0.39 is 4.92 Å². The van der Waals surface area contributed by atoms with Gasteiger partial charge in [0.25, 0.3) is 0 Å². The Morgan fingerprint density at radius 2 is 2.04 bits per heavy atom. The number of amides is 1. The zero-order chi connectivity index (χ0) is 18.1. The van der Waals surface area contributed by atoms with Crippen LogP contribution in [0.25, 0.3) is 0 Å². The van der Waals surface area contributed by atoms with Crippen molar-refractivity contribution in [3.63, 3.8) is 0 Å². The molecule has 0 radical (unpaired) electrons. The van der Waals surface area contributed by atoms with E-state index in [1.165, 1.54) is 12.1 Å². The van der Waals surface area contributed by atoms with E-state index >= 15 is 0 Å². The molecule has 7 nitrogen and oxygen atoms in total. The van der Waals surface area contributed by atoms with E-state index in [0.717, 1.165) is 16.8 Å². The van der Waals surface area contributed by atoms with E-state index in [-0.39, 0.29) is 36.2 Å². The van der Waals surface area contributed by atoms with Crippen LogP contribution in [0, 0.1) is 17.0 Å². The fourth-order valence-electron chi connectivity index (χ4n) is 2.76. The lowest BCUT2D eigenvalue weighted by molar-refractivity contribution is -0.385. The molecule has 0 bridgehead atoms. The Labute approximate surface area is 144 Å². The van der Waals surface area contributed by atoms with Gasteiger partial charge in [0.05, 0.1) is 11.3 Å². The molecule has 0 N–H and O–H groups in total. The highest BCUT2D eigenvalue weighted by molar-refractivity contribution is 6.03. The number of fused-ring (bicyclic) bond motifs is 1. The van der Waals surface area contributed by atoms with Crippen molar-refractivity contribution in [2.45, 2.75) is 13.3 Å². The number of ketones is 1. The summed E-state index contributed by atoms with van der Waals surface area (Å²) in [5.41, 5.74) is 2.56. The van der Waals surface area contributed by atoms with Crippen molar-refractivity contribution in [3.05, 3.63) is 63.2 Å². The van der Waals surface area contributed by atoms with Crippen LogP contribution < -0.4 is 9.64 Å². The third-order valence-electron chi connectivity index (χ3n) is 4.15. The summed E-state index contributed by atoms with van der Waals surface area (Å²) < 4.78 is 5.36. The van der Waals surface area contributed by atoms with E-state index in [1.54, 1.807) is 43.1 Å². The fraction of sp³-hybridized carbons (Fsp3) is 0.222. The van der Waals surface area contributed by atoms with Gasteiger partial charge in [0.15, 0.2) is 18.1 Å². The molecule has 0 saturated heterocycles. The van der Waals surface area contributed by atoms with Gasteiger partial charge in [0, 0.05) is 24.4 Å². The molecule has 0 spiro atoms. The van der Waals surface area contributed by atoms with Crippen LogP contribution in [0.15, 0.2) is 36.4 Å². The number of Topliss-reactive ketones (excluding diaryl/α,β-unsaturated/α-hetero) is 1. The van der Waals surface area contributed by atoms with E-state index in [9.17, 15) is 19.7 Å². The van der Waals surface area contributed by atoms with Crippen molar-refractivity contribution in [1.82, 2.24) is 0 Å². The van der Waals surface area contributed by atoms with Crippen LogP contribution in [0.2, 0.25) is 0 Å². The third-order valence-corrected chi connectivity index (χ3v) is 4.15. The van der Waals surface area contributed by atoms with E-state index in [0.29, 0.717) is 5.56 Å². The molecule has 3 rings (SSSR count). The quantitative estimate of drug-likeness (QED) is 0.474. The summed E-state index contributed by atoms with van der Waals surface area (Å²) in [6, 6.07) is 9.59. The van der Waals surface area contributed by atoms with Crippen molar-refractivity contribution in [3.8, 4) is 5.75 Å². The molecule has 0 aliphatic carbocycles. The minimum atomic E-state index is -0.538. The first-order chi connectivity index (χ1) is 11.9. The van der Waals surface area contributed by atoms with Gasteiger partial charge in [-0.15, -0.1) is 0 Å². The Morgan fingerprint density at radius 1 is 1.28 bits per heavy atom. The average molecular weight is 340 g/mol. The molecule has 25 heavy (non-hydrogen) atoms. The van der Waals surface area contributed by atoms with Crippen LogP contribution in [0.3, 0.4) is 0 Å². The molecule has 7 heteroatoms. The number of carbonyl (C=O) groups is 2. The maximum absolute atomic E-state index is 12.3. The summed E-state index contributed by atoms with van der Waals surface area (Å²) in [5, 5.41) is 11.1. The molecule has 2 aromatic rings. The largest absolute Gasteiger partial charge is 0.478 e. The molecular weight excluding hydrogens is 324 g/mol. The normalized spacial score (nSPS) is 12.9. The Kier molecular flexibility index (Phi) is 4.22. The molecule has 1 aliphatic rings. The highest BCUT2D eigenvalue weighted by Crippen LogP contribution is 2.30. The highest BCUT2D eigenvalue weighted by Gasteiger charge is 2.25. The van der Waals surface area contributed by atoms with Gasteiger partial charge in [-0.3, -0.25) is 19.7 Å². The number of nitrogens with zero attached hydrogens (tertiary/aromatic N) is 2. The molecule has 0 aromatic heterocycles. The van der Waals surface area contributed by atoms with Crippen LogP contribution in [0.1, 0.15) is 21.5 Å². The van der Waals surface area contributed by atoms with Gasteiger partial charge in [-0.1, -0.05) is 6.07 Å². The number of carbonyl (C=O) groups excluding carboxylic acids is 2. The lowest BCUT2D eigenvalue weighted by Crippen LogP contribution is -2.20. The molecule has 0 fully saturated rings. The summed E-state index contributed by atoms with van der Waals surface area (Å²) in [7, 11) is 1.69. The number of hydrogen-bond acceptors (Lipinski definition) is 5. The number of anilines is 1. The molecule has 1 amide bonds. The van der Waals surface area contributed by atoms with Crippen LogP contribution in [0.5, 0.6) is 5.75 Å². The van der Waals surface area contributed by atoms with Crippen LogP contribution in [0.4, 0.5) is 11.4 Å². The molecule has 2 aromatic carbocycles. The number of likely N-dealkylation sites (N-methyl/N-ethyl adjacent to an activating group) is 1. The first-order valence-corrected chi connectivity index (χ1v) is 7.67. The zero-order valence-electron chi connectivity index (χ0n) is 13.8. The maximum atomic E-state index is 12.3. The second kappa shape index (κ2) is 6.35. The van der Waals surface area contributed by atoms with Crippen LogP contribution >= 0.6 is 0 Å². The molecule has 0 unspecified atom stereocenters. The van der Waals surface area contributed by atoms with Crippen LogP contribution in [-0.2, 0) is 11.2 Å². The Bertz CT molecular complexity index is 891. The minimum Gasteiger partial charge on any atom is -0.478 e. The SMILES string of the molecule is Cc1ccc(OCC(=O)c2ccc3c(c2)CC(=O)N3C)c([N+](=O)[O-])c1. The molecule has 0 saturated carbocycles. The van der Waals surface area contributed by atoms with Crippen molar-refractivity contribution >= 4 is 23.1 Å². The Morgan fingerprint density at radius 3 is 2.76 bits per heavy atom. The summed E-state index contributed by atoms with van der Waals surface area (Å²) in [6.07, 6.45) is 0.261. The molecule has 1 heterocycles. The summed E-state index contributed by atoms with van der Waals surface area (Å²) in [6.45, 7) is 1.43. The molecule has 0 atom stereocenters. The highest BCUT2D eigenvalue weighted by atomic mass is 16.6. The fourth-order valence-corrected chi connectivity index (χ4v) is 2.76. The van der Waals surface area contributed by atoms with Gasteiger partial charge in [-0.25, -0.2) is 0 Å². The predicted molar refractivity (Wildman–Crippen MR) is 91.2 cm³/mol. The van der Waals surface area contributed by atoms with Crippen molar-refractivity contribution in [2.24, 2.45) is 0 Å². The van der Waals surface area contributed by atoms with E-state index in [2.05, 4.69) is 0 Å². The van der Waals surface area contributed by atoms with Gasteiger partial charge >= 0.3 is 5.69 Å². The first kappa shape index (κ1) is 16.6. The number of nitro benzene ring substituents is 1. The topological polar surface area (TPSA) is 89.8 Å². The number of benzene rings is 2. The van der Waals surface area contributed by atoms with Gasteiger partial charge in [-0.05, 0) is 42.3 Å². The third kappa shape index (κ3) is 3.21. The van der Waals surface area contributed by atoms with Crippen molar-refractivity contribution < 1.29 is 19.2 Å². The van der Waals surface area contributed by atoms with Crippen molar-refractivity contribution in [1.29, 1.82) is 0 Å². The predicted octanol–water partition coefficient (Wildman–Crippen LogP) is 2.68. The van der Waals surface area contributed by atoms with Gasteiger partial charge in [-0.2, -0.15) is 0 Å². The lowest BCUT2D eigenvalue weighted by atomic mass is 10.1. The summed E-state index contributed by atoms with van der Waals surface area (Å²) >= 11 is 0. The summed E-state index contributed by atoms with van der Waals surface area (Å²) in [4.78, 5) is 36.1. The van der Waals surface area contributed by atoms with Gasteiger partial charge in [0.2, 0.25) is 5.91 Å². The number of aryl methyl sites for hydroxylation is 1. The minimum absolute atomic E-state index is 0.0221. The Hall–Kier alpha value is -3.22.